The Morgan fingerprint density at radius 3 is 2.79 bits per heavy atom. The summed E-state index contributed by atoms with van der Waals surface area (Å²) >= 11 is 1.49. The van der Waals surface area contributed by atoms with Gasteiger partial charge in [0.05, 0.1) is 22.9 Å². The smallest absolute Gasteiger partial charge is 0.307 e. The zero-order valence-electron chi connectivity index (χ0n) is 14.9. The molecule has 8 nitrogen and oxygen atoms in total. The van der Waals surface area contributed by atoms with Crippen molar-refractivity contribution in [1.82, 2.24) is 10.1 Å². The second-order valence-electron chi connectivity index (χ2n) is 5.80. The van der Waals surface area contributed by atoms with E-state index >= 15 is 0 Å². The van der Waals surface area contributed by atoms with E-state index in [1.165, 1.54) is 18.3 Å². The Balaban J connectivity index is 1.46. The van der Waals surface area contributed by atoms with Gasteiger partial charge in [0, 0.05) is 12.1 Å². The minimum absolute atomic E-state index is 0.0144. The van der Waals surface area contributed by atoms with E-state index in [4.69, 9.17) is 14.5 Å². The number of carbonyl (C=O) groups excluding carboxylic acids is 2. The fourth-order valence-electron chi connectivity index (χ4n) is 2.25. The van der Waals surface area contributed by atoms with Crippen molar-refractivity contribution in [3.63, 3.8) is 0 Å². The summed E-state index contributed by atoms with van der Waals surface area (Å²) < 4.78 is 10.3. The number of benzene rings is 1. The van der Waals surface area contributed by atoms with Crippen molar-refractivity contribution in [3.05, 3.63) is 53.2 Å². The number of anilines is 1. The number of thiophene rings is 1. The highest BCUT2D eigenvalue weighted by molar-refractivity contribution is 7.13. The first-order chi connectivity index (χ1) is 13.5. The van der Waals surface area contributed by atoms with Gasteiger partial charge in [-0.1, -0.05) is 11.2 Å². The molecular formula is C19H16N4O4S. The summed E-state index contributed by atoms with van der Waals surface area (Å²) in [5, 5.41) is 17.2. The first-order valence-electron chi connectivity index (χ1n) is 8.42. The third kappa shape index (κ3) is 5.02. The number of hydrogen-bond donors (Lipinski definition) is 1. The highest BCUT2D eigenvalue weighted by Gasteiger charge is 2.19. The number of hydrogen-bond acceptors (Lipinski definition) is 8. The number of esters is 1. The van der Waals surface area contributed by atoms with Gasteiger partial charge in [0.25, 0.3) is 5.91 Å². The lowest BCUT2D eigenvalue weighted by Gasteiger charge is -2.13. The molecule has 3 rings (SSSR count). The van der Waals surface area contributed by atoms with Gasteiger partial charge in [0.1, 0.15) is 0 Å². The summed E-state index contributed by atoms with van der Waals surface area (Å²) in [5.74, 6) is -0.197. The maximum Gasteiger partial charge on any atom is 0.307 e. The van der Waals surface area contributed by atoms with Crippen molar-refractivity contribution < 1.29 is 18.8 Å². The van der Waals surface area contributed by atoms with Gasteiger partial charge in [-0.25, -0.2) is 0 Å². The molecule has 3 aromatic rings. The minimum atomic E-state index is -0.965. The van der Waals surface area contributed by atoms with Gasteiger partial charge < -0.3 is 14.6 Å². The van der Waals surface area contributed by atoms with Gasteiger partial charge in [-0.15, -0.1) is 11.3 Å². The van der Waals surface area contributed by atoms with Crippen LogP contribution in [0, 0.1) is 11.3 Å². The number of nitriles is 1. The third-order valence-corrected chi connectivity index (χ3v) is 4.58. The molecule has 0 saturated carbocycles. The molecule has 142 valence electrons. The highest BCUT2D eigenvalue weighted by atomic mass is 32.1. The fraction of sp³-hybridized carbons (Fsp3) is 0.211. The Hall–Kier alpha value is -3.51. The molecule has 0 radical (unpaired) electrons. The van der Waals surface area contributed by atoms with Crippen LogP contribution in [0.25, 0.3) is 10.7 Å². The van der Waals surface area contributed by atoms with Crippen LogP contribution in [0.5, 0.6) is 0 Å². The lowest BCUT2D eigenvalue weighted by molar-refractivity contribution is -0.153. The quantitative estimate of drug-likeness (QED) is 0.609. The average Bonchev–Trinajstić information content (AvgIpc) is 3.38. The Kier molecular flexibility index (Phi) is 6.14. The SMILES string of the molecule is C[C@H](OC(=O)CCc1nc(-c2cccs2)no1)C(=O)Nc1ccc(C#N)cc1. The molecule has 0 aliphatic carbocycles. The number of nitrogens with one attached hydrogen (secondary N) is 1. The van der Waals surface area contributed by atoms with Crippen LogP contribution in [0.2, 0.25) is 0 Å². The van der Waals surface area contributed by atoms with Gasteiger partial charge in [0.2, 0.25) is 11.7 Å². The molecule has 1 amide bonds. The molecule has 0 aliphatic heterocycles. The van der Waals surface area contributed by atoms with E-state index in [0.717, 1.165) is 4.88 Å². The van der Waals surface area contributed by atoms with Gasteiger partial charge in [-0.3, -0.25) is 9.59 Å². The molecule has 28 heavy (non-hydrogen) atoms. The van der Waals surface area contributed by atoms with E-state index in [0.29, 0.717) is 23.0 Å². The zero-order valence-corrected chi connectivity index (χ0v) is 15.7. The molecule has 0 spiro atoms. The minimum Gasteiger partial charge on any atom is -0.453 e. The maximum atomic E-state index is 12.1. The van der Waals surface area contributed by atoms with E-state index in [2.05, 4.69) is 15.5 Å². The number of rotatable bonds is 7. The largest absolute Gasteiger partial charge is 0.453 e. The molecule has 1 atom stereocenters. The first-order valence-corrected chi connectivity index (χ1v) is 9.30. The van der Waals surface area contributed by atoms with Gasteiger partial charge in [0.15, 0.2) is 6.10 Å². The van der Waals surface area contributed by atoms with E-state index in [-0.39, 0.29) is 12.8 Å². The molecule has 0 bridgehead atoms. The molecule has 1 N–H and O–H groups in total. The number of aryl methyl sites for hydroxylation is 1. The normalized spacial score (nSPS) is 11.4. The molecule has 0 fully saturated rings. The third-order valence-electron chi connectivity index (χ3n) is 3.71. The van der Waals surface area contributed by atoms with Crippen molar-refractivity contribution in [2.75, 3.05) is 5.32 Å². The Morgan fingerprint density at radius 2 is 2.11 bits per heavy atom. The van der Waals surface area contributed by atoms with E-state index in [9.17, 15) is 9.59 Å². The summed E-state index contributed by atoms with van der Waals surface area (Å²) in [6.45, 7) is 1.48. The summed E-state index contributed by atoms with van der Waals surface area (Å²) in [7, 11) is 0. The number of amides is 1. The number of carbonyl (C=O) groups is 2. The van der Waals surface area contributed by atoms with Gasteiger partial charge >= 0.3 is 5.97 Å². The van der Waals surface area contributed by atoms with E-state index in [1.54, 1.807) is 24.3 Å². The van der Waals surface area contributed by atoms with Crippen LogP contribution in [0.4, 0.5) is 5.69 Å². The van der Waals surface area contributed by atoms with Crippen LogP contribution >= 0.6 is 11.3 Å². The van der Waals surface area contributed by atoms with Gasteiger partial charge in [-0.2, -0.15) is 10.2 Å². The van der Waals surface area contributed by atoms with Crippen molar-refractivity contribution in [3.8, 4) is 16.8 Å². The number of nitrogens with zero attached hydrogens (tertiary/aromatic N) is 3. The van der Waals surface area contributed by atoms with E-state index in [1.807, 2.05) is 23.6 Å². The summed E-state index contributed by atoms with van der Waals surface area (Å²) in [5.41, 5.74) is 1.000. The van der Waals surface area contributed by atoms with Crippen molar-refractivity contribution in [1.29, 1.82) is 5.26 Å². The molecule has 0 saturated heterocycles. The molecule has 1 aromatic carbocycles. The average molecular weight is 396 g/mol. The van der Waals surface area contributed by atoms with Crippen LogP contribution in [0.3, 0.4) is 0 Å². The second kappa shape index (κ2) is 8.92. The lowest BCUT2D eigenvalue weighted by Crippen LogP contribution is -2.30. The second-order valence-corrected chi connectivity index (χ2v) is 6.75. The van der Waals surface area contributed by atoms with Crippen LogP contribution in [0.1, 0.15) is 24.8 Å². The Morgan fingerprint density at radius 1 is 1.32 bits per heavy atom. The molecular weight excluding hydrogens is 380 g/mol. The predicted octanol–water partition coefficient (Wildman–Crippen LogP) is 3.17. The van der Waals surface area contributed by atoms with Crippen molar-refractivity contribution in [2.24, 2.45) is 0 Å². The standard InChI is InChI=1S/C19H16N4O4S/c1-12(19(25)21-14-6-4-13(11-20)5-7-14)26-17(24)9-8-16-22-18(23-27-16)15-3-2-10-28-15/h2-7,10,12H,8-9H2,1H3,(H,21,25)/t12-/m0/s1. The van der Waals surface area contributed by atoms with Crippen molar-refractivity contribution >= 4 is 28.9 Å². The fourth-order valence-corrected chi connectivity index (χ4v) is 2.90. The predicted molar refractivity (Wildman–Crippen MR) is 101 cm³/mol. The van der Waals surface area contributed by atoms with Crippen LogP contribution in [-0.2, 0) is 20.7 Å². The van der Waals surface area contributed by atoms with Crippen molar-refractivity contribution in [2.45, 2.75) is 25.9 Å². The monoisotopic (exact) mass is 396 g/mol. The summed E-state index contributed by atoms with van der Waals surface area (Å²) in [6.07, 6.45) is -0.727. The van der Waals surface area contributed by atoms with Crippen LogP contribution in [0.15, 0.2) is 46.3 Å². The molecule has 9 heteroatoms. The molecule has 0 unspecified atom stereocenters. The summed E-state index contributed by atoms with van der Waals surface area (Å²) in [4.78, 5) is 29.2. The molecule has 0 aliphatic rings. The van der Waals surface area contributed by atoms with Crippen LogP contribution < -0.4 is 5.32 Å². The Bertz CT molecular complexity index is 990. The Labute approximate surface area is 164 Å². The van der Waals surface area contributed by atoms with E-state index < -0.39 is 18.0 Å². The van der Waals surface area contributed by atoms with Gasteiger partial charge in [-0.05, 0) is 42.6 Å². The zero-order chi connectivity index (χ0) is 19.9. The highest BCUT2D eigenvalue weighted by Crippen LogP contribution is 2.21. The maximum absolute atomic E-state index is 12.1. The molecule has 2 aromatic heterocycles. The summed E-state index contributed by atoms with van der Waals surface area (Å²) in [6, 6.07) is 12.1. The lowest BCUT2D eigenvalue weighted by atomic mass is 10.2. The topological polar surface area (TPSA) is 118 Å². The molecule has 2 heterocycles. The number of ether oxygens (including phenoxy) is 1. The number of aromatic nitrogens is 2. The van der Waals surface area contributed by atoms with Crippen LogP contribution in [-0.4, -0.2) is 28.1 Å². The first kappa shape index (κ1) is 19.3.